The van der Waals surface area contributed by atoms with Gasteiger partial charge in [-0.15, -0.1) is 0 Å². The number of nitrogens with two attached hydrogens (primary N) is 2. The summed E-state index contributed by atoms with van der Waals surface area (Å²) in [4.78, 5) is 36.8. The molecule has 0 aliphatic heterocycles. The van der Waals surface area contributed by atoms with Crippen molar-refractivity contribution in [2.75, 3.05) is 38.4 Å². The van der Waals surface area contributed by atoms with Crippen LogP contribution in [0.2, 0.25) is 0 Å². The maximum atomic E-state index is 12.7. The van der Waals surface area contributed by atoms with Gasteiger partial charge in [0.05, 0.1) is 38.1 Å². The highest BCUT2D eigenvalue weighted by Gasteiger charge is 2.26. The van der Waals surface area contributed by atoms with E-state index in [9.17, 15) is 27.6 Å². The van der Waals surface area contributed by atoms with Gasteiger partial charge in [-0.1, -0.05) is 12.1 Å². The van der Waals surface area contributed by atoms with E-state index in [1.165, 1.54) is 43.5 Å². The summed E-state index contributed by atoms with van der Waals surface area (Å²) in [7, 11) is 1.38. The molecule has 48 heavy (non-hydrogen) atoms. The smallest absolute Gasteiger partial charge is 0.389 e. The van der Waals surface area contributed by atoms with Gasteiger partial charge >= 0.3 is 24.1 Å². The molecule has 0 saturated heterocycles. The fourth-order valence-corrected chi connectivity index (χ4v) is 4.32. The van der Waals surface area contributed by atoms with Crippen molar-refractivity contribution in [3.8, 4) is 17.2 Å². The van der Waals surface area contributed by atoms with Gasteiger partial charge in [-0.2, -0.15) is 13.2 Å². The molecule has 0 fully saturated rings. The number of alkyl halides is 3. The highest BCUT2D eigenvalue weighted by molar-refractivity contribution is 5.92. The Hall–Kier alpha value is -5.20. The second kappa shape index (κ2) is 18.8. The Kier molecular flexibility index (Phi) is 14.6. The molecule has 0 radical (unpaired) electrons. The number of unbranched alkanes of at least 4 members (excludes halogenated alkanes) is 4. The molecular weight excluding hydrogens is 633 g/mol. The first kappa shape index (κ1) is 37.3. The van der Waals surface area contributed by atoms with Gasteiger partial charge < -0.3 is 35.2 Å². The molecule has 0 aliphatic carbocycles. The molecule has 10 nitrogen and oxygen atoms in total. The van der Waals surface area contributed by atoms with Gasteiger partial charge in [0, 0.05) is 23.9 Å². The zero-order valence-corrected chi connectivity index (χ0v) is 26.6. The Bertz CT molecular complexity index is 1520. The number of halogens is 3. The molecule has 0 amide bonds. The predicted molar refractivity (Wildman–Crippen MR) is 174 cm³/mol. The summed E-state index contributed by atoms with van der Waals surface area (Å²) in [5, 5.41) is 0. The lowest BCUT2D eigenvalue weighted by Crippen LogP contribution is -2.10. The lowest BCUT2D eigenvalue weighted by Gasteiger charge is -2.12. The van der Waals surface area contributed by atoms with Crippen LogP contribution >= 0.6 is 0 Å². The average molecular weight is 673 g/mol. The molecule has 3 rings (SSSR count). The van der Waals surface area contributed by atoms with Gasteiger partial charge in [-0.3, -0.25) is 0 Å². The van der Waals surface area contributed by atoms with Crippen LogP contribution in [0.5, 0.6) is 17.2 Å². The first-order chi connectivity index (χ1) is 22.9. The molecule has 3 aromatic rings. The van der Waals surface area contributed by atoms with Crippen LogP contribution in [0.3, 0.4) is 0 Å². The number of esters is 3. The van der Waals surface area contributed by atoms with Crippen molar-refractivity contribution < 1.29 is 51.2 Å². The molecule has 0 atom stereocenters. The zero-order chi connectivity index (χ0) is 34.9. The van der Waals surface area contributed by atoms with E-state index in [1.807, 2.05) is 0 Å². The van der Waals surface area contributed by atoms with Crippen molar-refractivity contribution in [2.45, 2.75) is 51.1 Å². The molecular formula is C35H39F3N2O8. The van der Waals surface area contributed by atoms with E-state index < -0.39 is 30.5 Å². The molecule has 258 valence electrons. The van der Waals surface area contributed by atoms with Crippen LogP contribution in [0.1, 0.15) is 71.2 Å². The van der Waals surface area contributed by atoms with Crippen LogP contribution in [-0.4, -0.2) is 51.0 Å². The van der Waals surface area contributed by atoms with Crippen molar-refractivity contribution in [1.29, 1.82) is 0 Å². The molecule has 0 aromatic heterocycles. The van der Waals surface area contributed by atoms with E-state index in [0.29, 0.717) is 41.1 Å². The molecule has 4 N–H and O–H groups in total. The Morgan fingerprint density at radius 1 is 0.708 bits per heavy atom. The first-order valence-corrected chi connectivity index (χ1v) is 15.3. The van der Waals surface area contributed by atoms with Crippen molar-refractivity contribution in [1.82, 2.24) is 0 Å². The number of methoxy groups -OCH3 is 1. The number of rotatable bonds is 18. The number of anilines is 2. The highest BCUT2D eigenvalue weighted by atomic mass is 19.4. The lowest BCUT2D eigenvalue weighted by molar-refractivity contribution is -0.138. The zero-order valence-electron chi connectivity index (χ0n) is 26.6. The monoisotopic (exact) mass is 672 g/mol. The Morgan fingerprint density at radius 3 is 2.00 bits per heavy atom. The highest BCUT2D eigenvalue weighted by Crippen LogP contribution is 2.29. The van der Waals surface area contributed by atoms with E-state index in [1.54, 1.807) is 36.4 Å². The summed E-state index contributed by atoms with van der Waals surface area (Å²) in [6.07, 6.45) is 0.865. The fraction of sp³-hybridized carbons (Fsp3) is 0.343. The van der Waals surface area contributed by atoms with Gasteiger partial charge in [0.25, 0.3) is 0 Å². The molecule has 0 saturated carbocycles. The normalized spacial score (nSPS) is 11.2. The molecule has 0 heterocycles. The minimum Gasteiger partial charge on any atom is -0.493 e. The van der Waals surface area contributed by atoms with Gasteiger partial charge in [0.15, 0.2) is 11.5 Å². The molecule has 3 aromatic carbocycles. The topological polar surface area (TPSA) is 149 Å². The third kappa shape index (κ3) is 13.7. The minimum atomic E-state index is -4.20. The number of hydrogen-bond donors (Lipinski definition) is 2. The van der Waals surface area contributed by atoms with Crippen LogP contribution in [-0.2, 0) is 14.3 Å². The lowest BCUT2D eigenvalue weighted by atomic mass is 10.2. The predicted octanol–water partition coefficient (Wildman–Crippen LogP) is 7.16. The fourth-order valence-electron chi connectivity index (χ4n) is 4.32. The molecule has 0 spiro atoms. The average Bonchev–Trinajstić information content (AvgIpc) is 3.04. The number of ether oxygens (including phenoxy) is 5. The van der Waals surface area contributed by atoms with Crippen LogP contribution in [0.25, 0.3) is 6.08 Å². The van der Waals surface area contributed by atoms with Crippen molar-refractivity contribution in [2.24, 2.45) is 0 Å². The van der Waals surface area contributed by atoms with E-state index in [2.05, 4.69) is 0 Å². The van der Waals surface area contributed by atoms with Crippen molar-refractivity contribution >= 4 is 35.4 Å². The maximum Gasteiger partial charge on any atom is 0.389 e. The summed E-state index contributed by atoms with van der Waals surface area (Å²) >= 11 is 0. The number of carbonyl (C=O) groups excluding carboxylic acids is 3. The second-order valence-corrected chi connectivity index (χ2v) is 10.7. The van der Waals surface area contributed by atoms with Gasteiger partial charge in [-0.25, -0.2) is 14.4 Å². The van der Waals surface area contributed by atoms with Gasteiger partial charge in [-0.05, 0) is 98.7 Å². The maximum absolute atomic E-state index is 12.7. The van der Waals surface area contributed by atoms with Gasteiger partial charge in [0.2, 0.25) is 0 Å². The molecule has 13 heteroatoms. The van der Waals surface area contributed by atoms with Crippen molar-refractivity contribution in [3.63, 3.8) is 0 Å². The largest absolute Gasteiger partial charge is 0.493 e. The van der Waals surface area contributed by atoms with Gasteiger partial charge in [0.1, 0.15) is 5.75 Å². The Balaban J connectivity index is 1.32. The first-order valence-electron chi connectivity index (χ1n) is 15.3. The van der Waals surface area contributed by atoms with Crippen LogP contribution in [0.4, 0.5) is 24.5 Å². The summed E-state index contributed by atoms with van der Waals surface area (Å²) < 4.78 is 63.5. The quantitative estimate of drug-likeness (QED) is 0.0468. The number of carbonyl (C=O) groups is 3. The second-order valence-electron chi connectivity index (χ2n) is 10.7. The summed E-state index contributed by atoms with van der Waals surface area (Å²) in [6.45, 7) is 0.577. The third-order valence-electron chi connectivity index (χ3n) is 6.74. The number of hydrogen-bond acceptors (Lipinski definition) is 10. The molecule has 0 unspecified atom stereocenters. The molecule has 0 bridgehead atoms. The Labute approximate surface area is 276 Å². The minimum absolute atomic E-state index is 0.0518. The summed E-state index contributed by atoms with van der Waals surface area (Å²) in [5.74, 6) is -0.818. The van der Waals surface area contributed by atoms with Crippen LogP contribution in [0.15, 0.2) is 66.7 Å². The molecule has 0 aliphatic rings. The number of nitrogen functional groups attached to an aromatic ring is 2. The SMILES string of the molecule is COc1cc(C(=O)Oc2ccc(/C=C/C(=O)OCCCCCCOC(=O)c3cc(N)cc(N)c3)cc2)ccc1OCCCCC(F)(F)F. The van der Waals surface area contributed by atoms with E-state index in [0.717, 1.165) is 12.8 Å². The van der Waals surface area contributed by atoms with Crippen LogP contribution in [0, 0.1) is 0 Å². The van der Waals surface area contributed by atoms with E-state index in [-0.39, 0.29) is 49.7 Å². The standard InChI is InChI=1S/C35H39F3N2O8/c1-44-31-22-25(11-14-30(31)45-17-7-4-16-35(36,37)38)34(43)48-29-12-8-24(9-13-29)10-15-32(41)46-18-5-2-3-6-19-47-33(42)26-20-27(39)23-28(40)21-26/h8-15,20-23H,2-7,16-19,39-40H2,1H3/b15-10+. The third-order valence-corrected chi connectivity index (χ3v) is 6.74. The van der Waals surface area contributed by atoms with E-state index in [4.69, 9.17) is 35.2 Å². The number of benzene rings is 3. The summed E-state index contributed by atoms with van der Waals surface area (Å²) in [6, 6.07) is 15.4. The van der Waals surface area contributed by atoms with Crippen LogP contribution < -0.4 is 25.7 Å². The Morgan fingerprint density at radius 2 is 1.35 bits per heavy atom. The summed E-state index contributed by atoms with van der Waals surface area (Å²) in [5.41, 5.74) is 13.3. The van der Waals surface area contributed by atoms with E-state index >= 15 is 0 Å². The van der Waals surface area contributed by atoms with Crippen molar-refractivity contribution in [3.05, 3.63) is 83.4 Å².